The molecule has 2 N–H and O–H groups in total. The first-order chi connectivity index (χ1) is 16.6. The topological polar surface area (TPSA) is 75.9 Å². The van der Waals surface area contributed by atoms with Gasteiger partial charge in [-0.15, -0.1) is 0 Å². The number of aldehydes is 1. The molecule has 178 valence electrons. The second kappa shape index (κ2) is 11.3. The number of hydrogen-bond donors (Lipinski definition) is 1. The Kier molecular flexibility index (Phi) is 7.93. The summed E-state index contributed by atoms with van der Waals surface area (Å²) in [6, 6.07) is 21.6. The van der Waals surface area contributed by atoms with Crippen molar-refractivity contribution >= 4 is 28.7 Å². The minimum absolute atomic E-state index is 0.0684. The van der Waals surface area contributed by atoms with E-state index in [4.69, 9.17) is 10.5 Å². The van der Waals surface area contributed by atoms with Crippen molar-refractivity contribution in [2.24, 2.45) is 5.73 Å². The Hall–Kier alpha value is -3.22. The highest BCUT2D eigenvalue weighted by Crippen LogP contribution is 2.32. The van der Waals surface area contributed by atoms with Crippen molar-refractivity contribution in [2.75, 3.05) is 31.1 Å². The van der Waals surface area contributed by atoms with Crippen molar-refractivity contribution in [3.8, 4) is 5.75 Å². The maximum absolute atomic E-state index is 13.0. The predicted octanol–water partition coefficient (Wildman–Crippen LogP) is 4.27. The quantitative estimate of drug-likeness (QED) is 0.590. The Morgan fingerprint density at radius 1 is 1.06 bits per heavy atom. The highest BCUT2D eigenvalue weighted by Gasteiger charge is 2.37. The number of benzene rings is 3. The Morgan fingerprint density at radius 3 is 2.62 bits per heavy atom. The molecule has 2 aliphatic rings. The highest BCUT2D eigenvalue weighted by molar-refractivity contribution is 5.99. The van der Waals surface area contributed by atoms with Crippen LogP contribution in [0.15, 0.2) is 66.7 Å². The molecule has 2 aliphatic heterocycles. The minimum atomic E-state index is -0.0684. The molecule has 34 heavy (non-hydrogen) atoms. The zero-order valence-electron chi connectivity index (χ0n) is 19.7. The normalized spacial score (nSPS) is 18.9. The number of hydrogen-bond acceptors (Lipinski definition) is 5. The molecule has 5 rings (SSSR count). The summed E-state index contributed by atoms with van der Waals surface area (Å²) in [7, 11) is 0. The SMILES string of the molecule is CCC(N)CN1CCN2C(=O)C1CCCOc1ccccc12.O=Cc1ccc2ccccc2c1. The summed E-state index contributed by atoms with van der Waals surface area (Å²) in [6.07, 6.45) is 3.52. The Labute approximate surface area is 201 Å². The molecule has 0 radical (unpaired) electrons. The van der Waals surface area contributed by atoms with Crippen molar-refractivity contribution in [3.05, 3.63) is 72.3 Å². The van der Waals surface area contributed by atoms with Crippen LogP contribution in [-0.2, 0) is 4.79 Å². The molecule has 2 unspecified atom stereocenters. The maximum Gasteiger partial charge on any atom is 0.244 e. The molecule has 3 aromatic carbocycles. The maximum atomic E-state index is 13.0. The lowest BCUT2D eigenvalue weighted by Gasteiger charge is -2.41. The van der Waals surface area contributed by atoms with E-state index in [9.17, 15) is 9.59 Å². The van der Waals surface area contributed by atoms with Gasteiger partial charge in [0.1, 0.15) is 12.0 Å². The molecule has 3 aromatic rings. The standard InChI is InChI=1S/C17H25N3O2.C11H8O/c1-2-13(18)12-19-9-10-20-14-6-3-4-8-16(14)22-11-5-7-15(19)17(20)21;12-8-9-5-6-10-3-1-2-4-11(10)7-9/h3-4,6,8,13,15H,2,5,7,9-12,18H2,1H3;1-8H. The Morgan fingerprint density at radius 2 is 1.82 bits per heavy atom. The Bertz CT molecular complexity index is 1130. The van der Waals surface area contributed by atoms with Crippen molar-refractivity contribution in [1.82, 2.24) is 4.90 Å². The van der Waals surface area contributed by atoms with Crippen LogP contribution in [-0.4, -0.2) is 55.4 Å². The second-order valence-electron chi connectivity index (χ2n) is 8.85. The summed E-state index contributed by atoms with van der Waals surface area (Å²) >= 11 is 0. The van der Waals surface area contributed by atoms with Crippen LogP contribution in [0.4, 0.5) is 5.69 Å². The number of nitrogens with zero attached hydrogens (tertiary/aromatic N) is 2. The fraction of sp³-hybridized carbons (Fsp3) is 0.357. The number of fused-ring (bicyclic) bond motifs is 5. The van der Waals surface area contributed by atoms with Crippen LogP contribution in [0, 0.1) is 0 Å². The third-order valence-electron chi connectivity index (χ3n) is 6.54. The molecule has 1 amide bonds. The van der Waals surface area contributed by atoms with Crippen molar-refractivity contribution < 1.29 is 14.3 Å². The number of piperazine rings is 1. The van der Waals surface area contributed by atoms with Gasteiger partial charge in [0.15, 0.2) is 0 Å². The fourth-order valence-electron chi connectivity index (χ4n) is 4.57. The monoisotopic (exact) mass is 459 g/mol. The third-order valence-corrected chi connectivity index (χ3v) is 6.54. The zero-order chi connectivity index (χ0) is 23.9. The minimum Gasteiger partial charge on any atom is -0.491 e. The first kappa shape index (κ1) is 23.9. The van der Waals surface area contributed by atoms with Crippen LogP contribution in [0.5, 0.6) is 5.75 Å². The lowest BCUT2D eigenvalue weighted by atomic mass is 10.0. The molecule has 0 aromatic heterocycles. The first-order valence-corrected chi connectivity index (χ1v) is 12.1. The highest BCUT2D eigenvalue weighted by atomic mass is 16.5. The summed E-state index contributed by atoms with van der Waals surface area (Å²) in [6.45, 7) is 5.12. The van der Waals surface area contributed by atoms with E-state index < -0.39 is 0 Å². The third kappa shape index (κ3) is 5.46. The summed E-state index contributed by atoms with van der Waals surface area (Å²) in [5, 5.41) is 2.28. The van der Waals surface area contributed by atoms with E-state index in [1.165, 1.54) is 5.39 Å². The molecule has 0 spiro atoms. The molecule has 2 heterocycles. The smallest absolute Gasteiger partial charge is 0.244 e. The van der Waals surface area contributed by atoms with Gasteiger partial charge in [0.25, 0.3) is 0 Å². The fourth-order valence-corrected chi connectivity index (χ4v) is 4.57. The van der Waals surface area contributed by atoms with E-state index in [1.54, 1.807) is 0 Å². The predicted molar refractivity (Wildman–Crippen MR) is 136 cm³/mol. The largest absolute Gasteiger partial charge is 0.491 e. The number of para-hydroxylation sites is 2. The molecule has 6 heteroatoms. The van der Waals surface area contributed by atoms with Crippen LogP contribution in [0.2, 0.25) is 0 Å². The van der Waals surface area contributed by atoms with E-state index in [1.807, 2.05) is 71.6 Å². The van der Waals surface area contributed by atoms with Gasteiger partial charge in [-0.3, -0.25) is 14.5 Å². The number of rotatable bonds is 4. The van der Waals surface area contributed by atoms with Gasteiger partial charge in [0, 0.05) is 31.2 Å². The van der Waals surface area contributed by atoms with E-state index in [-0.39, 0.29) is 18.0 Å². The van der Waals surface area contributed by atoms with Gasteiger partial charge in [-0.2, -0.15) is 0 Å². The number of nitrogens with two attached hydrogens (primary N) is 1. The van der Waals surface area contributed by atoms with Gasteiger partial charge in [0.2, 0.25) is 5.91 Å². The molecule has 0 aliphatic carbocycles. The van der Waals surface area contributed by atoms with E-state index in [0.29, 0.717) is 13.2 Å². The van der Waals surface area contributed by atoms with Crippen molar-refractivity contribution in [2.45, 2.75) is 38.3 Å². The van der Waals surface area contributed by atoms with Crippen LogP contribution in [0.1, 0.15) is 36.5 Å². The van der Waals surface area contributed by atoms with Gasteiger partial charge in [-0.25, -0.2) is 0 Å². The lowest BCUT2D eigenvalue weighted by Crippen LogP contribution is -2.59. The zero-order valence-corrected chi connectivity index (χ0v) is 19.7. The van der Waals surface area contributed by atoms with Gasteiger partial charge in [-0.1, -0.05) is 55.5 Å². The summed E-state index contributed by atoms with van der Waals surface area (Å²) < 4.78 is 5.87. The molecule has 6 nitrogen and oxygen atoms in total. The van der Waals surface area contributed by atoms with Crippen LogP contribution < -0.4 is 15.4 Å². The average molecular weight is 460 g/mol. The molecule has 2 atom stereocenters. The van der Waals surface area contributed by atoms with Gasteiger partial charge >= 0.3 is 0 Å². The van der Waals surface area contributed by atoms with E-state index >= 15 is 0 Å². The summed E-state index contributed by atoms with van der Waals surface area (Å²) in [5.41, 5.74) is 7.74. The number of ether oxygens (including phenoxy) is 1. The van der Waals surface area contributed by atoms with Crippen molar-refractivity contribution in [3.63, 3.8) is 0 Å². The first-order valence-electron chi connectivity index (χ1n) is 12.1. The van der Waals surface area contributed by atoms with Gasteiger partial charge in [0.05, 0.1) is 18.3 Å². The molecular formula is C28H33N3O3. The van der Waals surface area contributed by atoms with Crippen LogP contribution in [0.3, 0.4) is 0 Å². The van der Waals surface area contributed by atoms with Gasteiger partial charge in [-0.05, 0) is 48.2 Å². The second-order valence-corrected chi connectivity index (χ2v) is 8.85. The summed E-state index contributed by atoms with van der Waals surface area (Å²) in [5.74, 6) is 1.00. The average Bonchev–Trinajstić information content (AvgIpc) is 2.91. The molecule has 2 bridgehead atoms. The lowest BCUT2D eigenvalue weighted by molar-refractivity contribution is -0.126. The number of carbonyl (C=O) groups is 2. The molecule has 1 saturated heterocycles. The van der Waals surface area contributed by atoms with Crippen LogP contribution >= 0.6 is 0 Å². The number of anilines is 1. The molecule has 1 fully saturated rings. The van der Waals surface area contributed by atoms with Crippen molar-refractivity contribution in [1.29, 1.82) is 0 Å². The Balaban J connectivity index is 0.000000192. The molecule has 0 saturated carbocycles. The van der Waals surface area contributed by atoms with Gasteiger partial charge < -0.3 is 15.4 Å². The van der Waals surface area contributed by atoms with Crippen LogP contribution in [0.25, 0.3) is 10.8 Å². The van der Waals surface area contributed by atoms with E-state index in [2.05, 4.69) is 11.8 Å². The number of carbonyl (C=O) groups excluding carboxylic acids is 2. The molecular weight excluding hydrogens is 426 g/mol. The summed E-state index contributed by atoms with van der Waals surface area (Å²) in [4.78, 5) is 27.6. The van der Waals surface area contributed by atoms with E-state index in [0.717, 1.165) is 61.0 Å². The number of amides is 1.